The van der Waals surface area contributed by atoms with E-state index < -0.39 is 11.6 Å². The highest BCUT2D eigenvalue weighted by Gasteiger charge is 2.45. The highest BCUT2D eigenvalue weighted by atomic mass is 16.6. The van der Waals surface area contributed by atoms with Gasteiger partial charge in [-0.1, -0.05) is 18.6 Å². The fourth-order valence-corrected chi connectivity index (χ4v) is 5.02. The van der Waals surface area contributed by atoms with E-state index in [0.29, 0.717) is 35.6 Å². The number of aromatic nitrogens is 4. The number of esters is 1. The quantitative estimate of drug-likeness (QED) is 0.431. The second-order valence-electron chi connectivity index (χ2n) is 8.78. The molecule has 8 heteroatoms. The zero-order valence-electron chi connectivity index (χ0n) is 18.3. The average Bonchev–Trinajstić information content (AvgIpc) is 3.45. The standard InChI is InChI=1S/C25H22N4O4/c1-3-25(32)19-9-21-22-17(11-29(21)23(30)18(19)12-33-24(25)31)16(10-28-7-6-26-13-28)15-8-14(2)4-5-20(15)27-22/h4-9,13,32H,3,10-12H2,1-2H3/t25-/m0/s1. The van der Waals surface area contributed by atoms with Gasteiger partial charge in [-0.25, -0.2) is 14.8 Å². The van der Waals surface area contributed by atoms with E-state index in [2.05, 4.69) is 11.1 Å². The molecular formula is C25H22N4O4. The van der Waals surface area contributed by atoms with Crippen molar-refractivity contribution in [1.82, 2.24) is 19.1 Å². The third kappa shape index (κ3) is 2.74. The summed E-state index contributed by atoms with van der Waals surface area (Å²) in [6.07, 6.45) is 5.53. The lowest BCUT2D eigenvalue weighted by Crippen LogP contribution is -2.44. The molecule has 1 N–H and O–H groups in total. The van der Waals surface area contributed by atoms with Gasteiger partial charge in [0.1, 0.15) is 6.61 Å². The molecule has 8 nitrogen and oxygen atoms in total. The Labute approximate surface area is 189 Å². The van der Waals surface area contributed by atoms with Crippen molar-refractivity contribution in [2.75, 3.05) is 0 Å². The summed E-state index contributed by atoms with van der Waals surface area (Å²) < 4.78 is 8.84. The van der Waals surface area contributed by atoms with Crippen LogP contribution in [0.1, 0.15) is 41.2 Å². The largest absolute Gasteiger partial charge is 0.458 e. The molecule has 3 aromatic heterocycles. The van der Waals surface area contributed by atoms with E-state index in [0.717, 1.165) is 27.6 Å². The second-order valence-corrected chi connectivity index (χ2v) is 8.78. The molecule has 2 aliphatic heterocycles. The highest BCUT2D eigenvalue weighted by molar-refractivity contribution is 5.89. The van der Waals surface area contributed by atoms with Crippen molar-refractivity contribution in [2.24, 2.45) is 0 Å². The normalized spacial score (nSPS) is 18.7. The average molecular weight is 442 g/mol. The van der Waals surface area contributed by atoms with Gasteiger partial charge in [0.2, 0.25) is 0 Å². The minimum atomic E-state index is -1.83. The van der Waals surface area contributed by atoms with E-state index in [1.165, 1.54) is 0 Å². The Bertz CT molecular complexity index is 1520. The number of nitrogens with zero attached hydrogens (tertiary/aromatic N) is 4. The number of fused-ring (bicyclic) bond motifs is 5. The van der Waals surface area contributed by atoms with Crippen molar-refractivity contribution >= 4 is 16.9 Å². The summed E-state index contributed by atoms with van der Waals surface area (Å²) >= 11 is 0. The van der Waals surface area contributed by atoms with Crippen LogP contribution in [0.4, 0.5) is 0 Å². The van der Waals surface area contributed by atoms with Crippen LogP contribution in [0.3, 0.4) is 0 Å². The van der Waals surface area contributed by atoms with Crippen molar-refractivity contribution in [2.45, 2.75) is 45.6 Å². The molecule has 0 radical (unpaired) electrons. The maximum absolute atomic E-state index is 13.5. The number of rotatable bonds is 3. The Balaban J connectivity index is 1.64. The molecule has 6 rings (SSSR count). The topological polar surface area (TPSA) is 99.2 Å². The van der Waals surface area contributed by atoms with Crippen molar-refractivity contribution < 1.29 is 14.6 Å². The van der Waals surface area contributed by atoms with Crippen LogP contribution in [-0.4, -0.2) is 30.2 Å². The van der Waals surface area contributed by atoms with Crippen molar-refractivity contribution in [3.05, 3.63) is 81.2 Å². The molecule has 0 unspecified atom stereocenters. The van der Waals surface area contributed by atoms with Gasteiger partial charge < -0.3 is 19.0 Å². The summed E-state index contributed by atoms with van der Waals surface area (Å²) in [6, 6.07) is 7.87. The molecule has 1 atom stereocenters. The van der Waals surface area contributed by atoms with Crippen LogP contribution in [0.2, 0.25) is 0 Å². The van der Waals surface area contributed by atoms with Crippen molar-refractivity contribution in [3.63, 3.8) is 0 Å². The number of carbonyl (C=O) groups excluding carboxylic acids is 1. The lowest BCUT2D eigenvalue weighted by molar-refractivity contribution is -0.172. The third-order valence-electron chi connectivity index (χ3n) is 6.86. The number of hydrogen-bond donors (Lipinski definition) is 1. The number of carbonyl (C=O) groups is 1. The van der Waals surface area contributed by atoms with Gasteiger partial charge in [-0.15, -0.1) is 0 Å². The van der Waals surface area contributed by atoms with Crippen molar-refractivity contribution in [3.8, 4) is 11.4 Å². The maximum atomic E-state index is 13.5. The Morgan fingerprint density at radius 2 is 2.06 bits per heavy atom. The highest BCUT2D eigenvalue weighted by Crippen LogP contribution is 2.40. The first-order valence-corrected chi connectivity index (χ1v) is 11.0. The van der Waals surface area contributed by atoms with E-state index in [-0.39, 0.29) is 18.6 Å². The Kier molecular flexibility index (Phi) is 4.13. The molecule has 0 amide bonds. The van der Waals surface area contributed by atoms with E-state index in [1.54, 1.807) is 30.1 Å². The second kappa shape index (κ2) is 6.86. The molecule has 166 valence electrons. The summed E-state index contributed by atoms with van der Waals surface area (Å²) in [5.41, 5.74) is 3.89. The molecule has 0 spiro atoms. The van der Waals surface area contributed by atoms with Crippen molar-refractivity contribution in [1.29, 1.82) is 0 Å². The summed E-state index contributed by atoms with van der Waals surface area (Å²) in [4.78, 5) is 35.0. The molecule has 0 saturated carbocycles. The molecule has 1 aromatic carbocycles. The number of benzene rings is 1. The fraction of sp³-hybridized carbons (Fsp3) is 0.280. The zero-order valence-corrected chi connectivity index (χ0v) is 18.3. The Morgan fingerprint density at radius 1 is 1.21 bits per heavy atom. The SMILES string of the molecule is CC[C@@]1(O)C(=O)OCc2c1cc1n(c2=O)Cc2c-1nc1ccc(C)cc1c2Cn1ccnc1. The summed E-state index contributed by atoms with van der Waals surface area (Å²) in [6.45, 7) is 4.57. The number of aliphatic hydroxyl groups is 1. The lowest BCUT2D eigenvalue weighted by Gasteiger charge is -2.31. The molecule has 5 heterocycles. The van der Waals surface area contributed by atoms with E-state index >= 15 is 0 Å². The minimum absolute atomic E-state index is 0.116. The zero-order chi connectivity index (χ0) is 22.9. The van der Waals surface area contributed by atoms with Crippen LogP contribution in [0.5, 0.6) is 0 Å². The molecule has 0 saturated heterocycles. The molecule has 0 fully saturated rings. The van der Waals surface area contributed by atoms with Crippen LogP contribution >= 0.6 is 0 Å². The molecule has 0 bridgehead atoms. The lowest BCUT2D eigenvalue weighted by atomic mass is 9.86. The van der Waals surface area contributed by atoms with E-state index in [1.807, 2.05) is 29.8 Å². The van der Waals surface area contributed by atoms with Crippen LogP contribution in [0.15, 0.2) is 47.8 Å². The predicted molar refractivity (Wildman–Crippen MR) is 121 cm³/mol. The Hall–Kier alpha value is -3.78. The van der Waals surface area contributed by atoms with E-state index in [9.17, 15) is 14.7 Å². The van der Waals surface area contributed by atoms with Gasteiger partial charge in [0, 0.05) is 35.5 Å². The first-order chi connectivity index (χ1) is 15.9. The van der Waals surface area contributed by atoms with Crippen LogP contribution < -0.4 is 5.56 Å². The number of hydrogen-bond acceptors (Lipinski definition) is 6. The molecule has 4 aromatic rings. The van der Waals surface area contributed by atoms with Gasteiger partial charge in [-0.2, -0.15) is 0 Å². The molecule has 2 aliphatic rings. The maximum Gasteiger partial charge on any atom is 0.343 e. The number of pyridine rings is 2. The number of cyclic esters (lactones) is 1. The minimum Gasteiger partial charge on any atom is -0.458 e. The van der Waals surface area contributed by atoms with Gasteiger partial charge in [0.05, 0.1) is 35.3 Å². The van der Waals surface area contributed by atoms with Crippen LogP contribution in [-0.2, 0) is 34.8 Å². The van der Waals surface area contributed by atoms with Crippen LogP contribution in [0.25, 0.3) is 22.3 Å². The molecule has 0 aliphatic carbocycles. The monoisotopic (exact) mass is 442 g/mol. The fourth-order valence-electron chi connectivity index (χ4n) is 5.02. The predicted octanol–water partition coefficient (Wildman–Crippen LogP) is 2.63. The number of imidazole rings is 1. The number of aryl methyl sites for hydroxylation is 1. The van der Waals surface area contributed by atoms with Gasteiger partial charge in [-0.3, -0.25) is 4.79 Å². The summed E-state index contributed by atoms with van der Waals surface area (Å²) in [5, 5.41) is 12.1. The summed E-state index contributed by atoms with van der Waals surface area (Å²) in [5.74, 6) is -0.720. The molecule has 33 heavy (non-hydrogen) atoms. The van der Waals surface area contributed by atoms with Gasteiger partial charge >= 0.3 is 5.97 Å². The van der Waals surface area contributed by atoms with E-state index in [4.69, 9.17) is 9.72 Å². The molecular weight excluding hydrogens is 420 g/mol. The van der Waals surface area contributed by atoms with Gasteiger partial charge in [0.25, 0.3) is 5.56 Å². The Morgan fingerprint density at radius 3 is 2.82 bits per heavy atom. The first-order valence-electron chi connectivity index (χ1n) is 11.0. The van der Waals surface area contributed by atoms with Gasteiger partial charge in [-0.05, 0) is 37.1 Å². The third-order valence-corrected chi connectivity index (χ3v) is 6.86. The smallest absolute Gasteiger partial charge is 0.343 e. The first kappa shape index (κ1) is 19.9. The summed E-state index contributed by atoms with van der Waals surface area (Å²) in [7, 11) is 0. The van der Waals surface area contributed by atoms with Crippen LogP contribution in [0, 0.1) is 6.92 Å². The van der Waals surface area contributed by atoms with Gasteiger partial charge in [0.15, 0.2) is 5.60 Å². The number of ether oxygens (including phenoxy) is 1.